The smallest absolute Gasteiger partial charge is 0.285 e. The number of hydrogen-bond donors (Lipinski definition) is 1. The number of nitriles is 1. The molecule has 0 spiro atoms. The van der Waals surface area contributed by atoms with Crippen molar-refractivity contribution >= 4 is 32.7 Å². The number of fused-ring (bicyclic) bond motifs is 2. The van der Waals surface area contributed by atoms with Gasteiger partial charge >= 0.3 is 0 Å². The SMILES string of the molecule is N#C[C@@H](C(=O)C1CCN(C2=NS(=O)(=O)c3ccccc32)CC1)c1nc2ccccc2[nH]1. The molecule has 0 radical (unpaired) electrons. The van der Waals surface area contributed by atoms with Crippen LogP contribution in [0.3, 0.4) is 0 Å². The molecule has 5 rings (SSSR count). The van der Waals surface area contributed by atoms with Crippen LogP contribution in [0.1, 0.15) is 30.1 Å². The maximum atomic E-state index is 13.1. The molecule has 1 saturated heterocycles. The monoisotopic (exact) mass is 433 g/mol. The van der Waals surface area contributed by atoms with Crippen LogP contribution >= 0.6 is 0 Å². The number of carbonyl (C=O) groups is 1. The summed E-state index contributed by atoms with van der Waals surface area (Å²) >= 11 is 0. The van der Waals surface area contributed by atoms with Gasteiger partial charge in [0.15, 0.2) is 17.5 Å². The van der Waals surface area contributed by atoms with Gasteiger partial charge in [-0.15, -0.1) is 4.40 Å². The number of nitrogens with one attached hydrogen (secondary N) is 1. The van der Waals surface area contributed by atoms with Crippen molar-refractivity contribution in [1.29, 1.82) is 5.26 Å². The molecular formula is C22H19N5O3S. The Morgan fingerprint density at radius 1 is 1.13 bits per heavy atom. The number of aromatic amines is 1. The van der Waals surface area contributed by atoms with E-state index in [0.29, 0.717) is 43.2 Å². The van der Waals surface area contributed by atoms with Crippen molar-refractivity contribution in [3.05, 3.63) is 59.9 Å². The van der Waals surface area contributed by atoms with Crippen LogP contribution in [0.2, 0.25) is 0 Å². The van der Waals surface area contributed by atoms with Crippen LogP contribution < -0.4 is 0 Å². The van der Waals surface area contributed by atoms with Gasteiger partial charge in [-0.25, -0.2) is 4.98 Å². The molecule has 1 aromatic heterocycles. The van der Waals surface area contributed by atoms with Gasteiger partial charge < -0.3 is 9.88 Å². The fraction of sp³-hybridized carbons (Fsp3) is 0.273. The normalized spacial score (nSPS) is 18.9. The van der Waals surface area contributed by atoms with Gasteiger partial charge in [0.05, 0.1) is 17.1 Å². The molecule has 0 saturated carbocycles. The van der Waals surface area contributed by atoms with Crippen LogP contribution in [-0.2, 0) is 14.8 Å². The second-order valence-electron chi connectivity index (χ2n) is 7.75. The van der Waals surface area contributed by atoms with E-state index < -0.39 is 15.9 Å². The number of sulfonamides is 1. The minimum atomic E-state index is -3.68. The molecule has 0 bridgehead atoms. The lowest BCUT2D eigenvalue weighted by atomic mass is 9.85. The van der Waals surface area contributed by atoms with Gasteiger partial charge in [-0.05, 0) is 37.1 Å². The first-order valence-corrected chi connectivity index (χ1v) is 11.5. The highest BCUT2D eigenvalue weighted by Crippen LogP contribution is 2.31. The Morgan fingerprint density at radius 3 is 2.58 bits per heavy atom. The number of imidazole rings is 1. The van der Waals surface area contributed by atoms with Crippen LogP contribution in [0.5, 0.6) is 0 Å². The Labute approximate surface area is 179 Å². The molecule has 1 atom stereocenters. The Hall–Kier alpha value is -3.51. The summed E-state index contributed by atoms with van der Waals surface area (Å²) in [5, 5.41) is 9.67. The molecule has 31 heavy (non-hydrogen) atoms. The van der Waals surface area contributed by atoms with E-state index in [2.05, 4.69) is 20.4 Å². The van der Waals surface area contributed by atoms with Gasteiger partial charge in [0.2, 0.25) is 0 Å². The molecule has 156 valence electrons. The average Bonchev–Trinajstić information content (AvgIpc) is 3.33. The second kappa shape index (κ2) is 7.32. The highest BCUT2D eigenvalue weighted by atomic mass is 32.2. The van der Waals surface area contributed by atoms with Crippen molar-refractivity contribution in [3.63, 3.8) is 0 Å². The van der Waals surface area contributed by atoms with Gasteiger partial charge in [0, 0.05) is 24.6 Å². The van der Waals surface area contributed by atoms with Crippen LogP contribution in [0.15, 0.2) is 57.8 Å². The van der Waals surface area contributed by atoms with E-state index in [1.165, 1.54) is 0 Å². The van der Waals surface area contributed by atoms with E-state index in [1.54, 1.807) is 24.3 Å². The summed E-state index contributed by atoms with van der Waals surface area (Å²) in [5.74, 6) is -0.577. The van der Waals surface area contributed by atoms with Gasteiger partial charge in [-0.1, -0.05) is 24.3 Å². The van der Waals surface area contributed by atoms with Crippen molar-refractivity contribution in [2.45, 2.75) is 23.7 Å². The number of H-pyrrole nitrogens is 1. The predicted molar refractivity (Wildman–Crippen MR) is 114 cm³/mol. The lowest BCUT2D eigenvalue weighted by molar-refractivity contribution is -0.124. The van der Waals surface area contributed by atoms with Gasteiger partial charge in [0.25, 0.3) is 10.0 Å². The molecule has 3 heterocycles. The number of amidine groups is 1. The molecule has 2 aliphatic heterocycles. The van der Waals surface area contributed by atoms with Crippen LogP contribution in [0.25, 0.3) is 11.0 Å². The quantitative estimate of drug-likeness (QED) is 0.678. The van der Waals surface area contributed by atoms with E-state index in [0.717, 1.165) is 11.0 Å². The third-order valence-corrected chi connectivity index (χ3v) is 7.23. The first kappa shape index (κ1) is 19.5. The van der Waals surface area contributed by atoms with Gasteiger partial charge in [0.1, 0.15) is 10.7 Å². The van der Waals surface area contributed by atoms with Crippen molar-refractivity contribution in [2.24, 2.45) is 10.3 Å². The Balaban J connectivity index is 1.32. The maximum Gasteiger partial charge on any atom is 0.285 e. The zero-order valence-corrected chi connectivity index (χ0v) is 17.3. The minimum absolute atomic E-state index is 0.150. The number of likely N-dealkylation sites (tertiary alicyclic amines) is 1. The summed E-state index contributed by atoms with van der Waals surface area (Å²) in [4.78, 5) is 22.8. The Bertz CT molecular complexity index is 1330. The average molecular weight is 433 g/mol. The van der Waals surface area contributed by atoms with E-state index in [1.807, 2.05) is 29.2 Å². The Morgan fingerprint density at radius 2 is 1.84 bits per heavy atom. The number of Topliss-reactive ketones (excluding diaryl/α,β-unsaturated/α-hetero) is 1. The van der Waals surface area contributed by atoms with Crippen molar-refractivity contribution in [3.8, 4) is 6.07 Å². The van der Waals surface area contributed by atoms with Gasteiger partial charge in [-0.2, -0.15) is 13.7 Å². The highest BCUT2D eigenvalue weighted by molar-refractivity contribution is 7.90. The number of benzene rings is 2. The number of nitrogens with zero attached hydrogens (tertiary/aromatic N) is 4. The van der Waals surface area contributed by atoms with Crippen LogP contribution in [0, 0.1) is 17.2 Å². The summed E-state index contributed by atoms with van der Waals surface area (Å²) in [6.45, 7) is 0.995. The van der Waals surface area contributed by atoms with Crippen molar-refractivity contribution < 1.29 is 13.2 Å². The van der Waals surface area contributed by atoms with Crippen LogP contribution in [0.4, 0.5) is 0 Å². The maximum absolute atomic E-state index is 13.1. The molecule has 1 fully saturated rings. The largest absolute Gasteiger partial charge is 0.355 e. The molecule has 0 amide bonds. The number of para-hydroxylation sites is 2. The van der Waals surface area contributed by atoms with Crippen molar-refractivity contribution in [2.75, 3.05) is 13.1 Å². The minimum Gasteiger partial charge on any atom is -0.355 e. The second-order valence-corrected chi connectivity index (χ2v) is 9.32. The molecule has 9 heteroatoms. The summed E-state index contributed by atoms with van der Waals surface area (Å²) in [6.07, 6.45) is 1.05. The molecule has 2 aliphatic rings. The molecule has 3 aromatic rings. The van der Waals surface area contributed by atoms with Crippen LogP contribution in [-0.4, -0.2) is 48.0 Å². The summed E-state index contributed by atoms with van der Waals surface area (Å²) in [6, 6.07) is 16.3. The lowest BCUT2D eigenvalue weighted by Gasteiger charge is -2.33. The molecule has 0 unspecified atom stereocenters. The third-order valence-electron chi connectivity index (χ3n) is 5.90. The zero-order valence-electron chi connectivity index (χ0n) is 16.5. The number of carbonyl (C=O) groups excluding carboxylic acids is 1. The fourth-order valence-electron chi connectivity index (χ4n) is 4.30. The predicted octanol–water partition coefficient (Wildman–Crippen LogP) is 2.60. The molecule has 1 N–H and O–H groups in total. The Kier molecular flexibility index (Phi) is 4.59. The van der Waals surface area contributed by atoms with Crippen molar-refractivity contribution in [1.82, 2.24) is 14.9 Å². The molecule has 8 nitrogen and oxygen atoms in total. The number of ketones is 1. The summed E-state index contributed by atoms with van der Waals surface area (Å²) in [7, 11) is -3.68. The van der Waals surface area contributed by atoms with E-state index in [4.69, 9.17) is 0 Å². The molecule has 2 aromatic carbocycles. The number of hydrogen-bond acceptors (Lipinski definition) is 6. The number of aromatic nitrogens is 2. The third kappa shape index (κ3) is 3.29. The first-order chi connectivity index (χ1) is 15.0. The van der Waals surface area contributed by atoms with E-state index in [9.17, 15) is 18.5 Å². The van der Waals surface area contributed by atoms with Gasteiger partial charge in [-0.3, -0.25) is 4.79 Å². The summed E-state index contributed by atoms with van der Waals surface area (Å²) in [5.41, 5.74) is 2.11. The highest BCUT2D eigenvalue weighted by Gasteiger charge is 2.36. The molecule has 0 aliphatic carbocycles. The first-order valence-electron chi connectivity index (χ1n) is 10.1. The number of piperidine rings is 1. The molecular weight excluding hydrogens is 414 g/mol. The van der Waals surface area contributed by atoms with E-state index >= 15 is 0 Å². The van der Waals surface area contributed by atoms with E-state index in [-0.39, 0.29) is 16.6 Å². The fourth-order valence-corrected chi connectivity index (χ4v) is 5.52. The lowest BCUT2D eigenvalue weighted by Crippen LogP contribution is -2.41. The standard InChI is InChI=1S/C22H19N5O3S/c23-13-16(21-24-17-6-2-3-7-18(17)25-21)20(28)14-9-11-27(12-10-14)22-15-5-1-4-8-19(15)31(29,30)26-22/h1-8,14,16H,9-12H2,(H,24,25)/t16-/m0/s1. The topological polar surface area (TPSA) is 119 Å². The number of rotatable bonds is 3. The zero-order chi connectivity index (χ0) is 21.6. The summed E-state index contributed by atoms with van der Waals surface area (Å²) < 4.78 is 28.6.